The van der Waals surface area contributed by atoms with Gasteiger partial charge < -0.3 is 14.6 Å². The SMILES string of the molecule is CC1CCC(C2CC3OC(C2)C3C(=O)OC2CCC(O)CC2)CC1. The molecule has 4 nitrogen and oxygen atoms in total. The number of hydrogen-bond donors (Lipinski definition) is 1. The van der Waals surface area contributed by atoms with Crippen LogP contribution in [0, 0.1) is 23.7 Å². The molecule has 5 fully saturated rings. The molecule has 2 bridgehead atoms. The summed E-state index contributed by atoms with van der Waals surface area (Å²) < 4.78 is 11.7. The molecule has 2 saturated heterocycles. The van der Waals surface area contributed by atoms with Gasteiger partial charge in [0.25, 0.3) is 0 Å². The number of hydrogen-bond acceptors (Lipinski definition) is 4. The molecule has 2 unspecified atom stereocenters. The predicted octanol–water partition coefficient (Wildman–Crippen LogP) is 3.45. The van der Waals surface area contributed by atoms with Crippen LogP contribution >= 0.6 is 0 Å². The largest absolute Gasteiger partial charge is 0.462 e. The highest BCUT2D eigenvalue weighted by atomic mass is 16.6. The van der Waals surface area contributed by atoms with Gasteiger partial charge in [0, 0.05) is 0 Å². The van der Waals surface area contributed by atoms with Crippen LogP contribution in [0.15, 0.2) is 0 Å². The van der Waals surface area contributed by atoms with Crippen molar-refractivity contribution in [3.8, 4) is 0 Å². The number of aliphatic hydroxyl groups is 1. The van der Waals surface area contributed by atoms with Gasteiger partial charge in [0.15, 0.2) is 0 Å². The first-order chi connectivity index (χ1) is 11.6. The molecule has 3 aliphatic carbocycles. The number of rotatable bonds is 3. The molecular weight excluding hydrogens is 304 g/mol. The molecule has 0 spiro atoms. The molecule has 2 aliphatic heterocycles. The molecule has 5 aliphatic rings. The maximum absolute atomic E-state index is 12.5. The average Bonchev–Trinajstić information content (AvgIpc) is 2.57. The summed E-state index contributed by atoms with van der Waals surface area (Å²) >= 11 is 0. The van der Waals surface area contributed by atoms with Crippen molar-refractivity contribution in [3.63, 3.8) is 0 Å². The minimum atomic E-state index is -0.203. The zero-order valence-corrected chi connectivity index (χ0v) is 14.9. The fraction of sp³-hybridized carbons (Fsp3) is 0.950. The molecule has 5 rings (SSSR count). The van der Waals surface area contributed by atoms with Crippen molar-refractivity contribution in [2.24, 2.45) is 23.7 Å². The van der Waals surface area contributed by atoms with Gasteiger partial charge in [0.2, 0.25) is 0 Å². The molecule has 2 heterocycles. The third kappa shape index (κ3) is 3.37. The smallest absolute Gasteiger partial charge is 0.314 e. The highest BCUT2D eigenvalue weighted by Gasteiger charge is 2.54. The Bertz CT molecular complexity index is 437. The summed E-state index contributed by atoms with van der Waals surface area (Å²) in [5.41, 5.74) is 0. The van der Waals surface area contributed by atoms with Crippen molar-refractivity contribution in [2.45, 2.75) is 95.5 Å². The van der Waals surface area contributed by atoms with E-state index in [1.807, 2.05) is 0 Å². The van der Waals surface area contributed by atoms with Crippen LogP contribution in [0.3, 0.4) is 0 Å². The second kappa shape index (κ2) is 6.95. The van der Waals surface area contributed by atoms with Crippen LogP contribution in [-0.4, -0.2) is 35.5 Å². The van der Waals surface area contributed by atoms with Gasteiger partial charge >= 0.3 is 5.97 Å². The number of fused-ring (bicyclic) bond motifs is 2. The molecule has 2 atom stereocenters. The Morgan fingerprint density at radius 3 is 2.17 bits per heavy atom. The zero-order valence-electron chi connectivity index (χ0n) is 14.9. The van der Waals surface area contributed by atoms with E-state index in [1.54, 1.807) is 0 Å². The molecule has 0 aromatic carbocycles. The lowest BCUT2D eigenvalue weighted by molar-refractivity contribution is -0.243. The summed E-state index contributed by atoms with van der Waals surface area (Å²) in [4.78, 5) is 12.5. The van der Waals surface area contributed by atoms with E-state index in [0.717, 1.165) is 56.3 Å². The van der Waals surface area contributed by atoms with Crippen molar-refractivity contribution in [1.82, 2.24) is 0 Å². The second-order valence-corrected chi connectivity index (χ2v) is 8.86. The van der Waals surface area contributed by atoms with Gasteiger partial charge in [-0.05, 0) is 69.1 Å². The number of aliphatic hydroxyl groups excluding tert-OH is 1. The van der Waals surface area contributed by atoms with Crippen molar-refractivity contribution in [1.29, 1.82) is 0 Å². The Morgan fingerprint density at radius 1 is 0.917 bits per heavy atom. The second-order valence-electron chi connectivity index (χ2n) is 8.86. The molecule has 0 aromatic heterocycles. The van der Waals surface area contributed by atoms with E-state index in [4.69, 9.17) is 9.47 Å². The topological polar surface area (TPSA) is 55.8 Å². The van der Waals surface area contributed by atoms with E-state index in [1.165, 1.54) is 25.7 Å². The standard InChI is InChI=1S/C20H32O4/c1-12-2-4-13(5-3-12)14-10-17-19(18(11-14)24-17)20(22)23-16-8-6-15(21)7-9-16/h12-19,21H,2-11H2,1H3. The Hall–Kier alpha value is -0.610. The van der Waals surface area contributed by atoms with Crippen LogP contribution in [-0.2, 0) is 14.3 Å². The van der Waals surface area contributed by atoms with Gasteiger partial charge in [-0.3, -0.25) is 4.79 Å². The minimum absolute atomic E-state index is 0.0119. The Kier molecular flexibility index (Phi) is 4.88. The van der Waals surface area contributed by atoms with E-state index < -0.39 is 0 Å². The lowest BCUT2D eigenvalue weighted by Crippen LogP contribution is -2.59. The van der Waals surface area contributed by atoms with Crippen LogP contribution in [0.1, 0.15) is 71.1 Å². The average molecular weight is 336 g/mol. The Morgan fingerprint density at radius 2 is 1.54 bits per heavy atom. The molecule has 1 N–H and O–H groups in total. The van der Waals surface area contributed by atoms with Gasteiger partial charge in [0.1, 0.15) is 12.0 Å². The first-order valence-corrected chi connectivity index (χ1v) is 10.1. The summed E-state index contributed by atoms with van der Waals surface area (Å²) in [5, 5.41) is 9.57. The predicted molar refractivity (Wildman–Crippen MR) is 90.4 cm³/mol. The van der Waals surface area contributed by atoms with E-state index in [2.05, 4.69) is 6.92 Å². The Balaban J connectivity index is 1.26. The zero-order chi connectivity index (χ0) is 16.7. The lowest BCUT2D eigenvalue weighted by atomic mass is 9.65. The third-order valence-electron chi connectivity index (χ3n) is 7.15. The molecular formula is C20H32O4. The van der Waals surface area contributed by atoms with E-state index in [-0.39, 0.29) is 36.3 Å². The lowest BCUT2D eigenvalue weighted by Gasteiger charge is -2.53. The fourth-order valence-corrected chi connectivity index (χ4v) is 5.49. The molecule has 0 radical (unpaired) electrons. The quantitative estimate of drug-likeness (QED) is 0.802. The highest BCUT2D eigenvalue weighted by molar-refractivity contribution is 5.75. The van der Waals surface area contributed by atoms with Crippen LogP contribution in [0.2, 0.25) is 0 Å². The van der Waals surface area contributed by atoms with E-state index >= 15 is 0 Å². The van der Waals surface area contributed by atoms with Crippen LogP contribution in [0.4, 0.5) is 0 Å². The van der Waals surface area contributed by atoms with Crippen molar-refractivity contribution < 1.29 is 19.4 Å². The maximum Gasteiger partial charge on any atom is 0.314 e. The molecule has 24 heavy (non-hydrogen) atoms. The molecule has 0 aromatic rings. The summed E-state index contributed by atoms with van der Waals surface area (Å²) in [6, 6.07) is 0. The van der Waals surface area contributed by atoms with E-state index in [0.29, 0.717) is 0 Å². The first kappa shape index (κ1) is 16.8. The van der Waals surface area contributed by atoms with Crippen LogP contribution in [0.25, 0.3) is 0 Å². The van der Waals surface area contributed by atoms with E-state index in [9.17, 15) is 9.90 Å². The number of esters is 1. The molecule has 3 saturated carbocycles. The molecule has 136 valence electrons. The van der Waals surface area contributed by atoms with Gasteiger partial charge in [-0.15, -0.1) is 0 Å². The van der Waals surface area contributed by atoms with Crippen molar-refractivity contribution in [3.05, 3.63) is 0 Å². The minimum Gasteiger partial charge on any atom is -0.462 e. The fourth-order valence-electron chi connectivity index (χ4n) is 5.49. The Labute approximate surface area is 145 Å². The summed E-state index contributed by atoms with van der Waals surface area (Å²) in [6.07, 6.45) is 10.7. The number of ether oxygens (including phenoxy) is 2. The van der Waals surface area contributed by atoms with Crippen LogP contribution < -0.4 is 0 Å². The van der Waals surface area contributed by atoms with Crippen LogP contribution in [0.5, 0.6) is 0 Å². The number of carbonyl (C=O) groups excluding carboxylic acids is 1. The summed E-state index contributed by atoms with van der Waals surface area (Å²) in [6.45, 7) is 2.37. The van der Waals surface area contributed by atoms with Gasteiger partial charge in [-0.2, -0.15) is 0 Å². The number of carbonyl (C=O) groups is 1. The molecule has 4 heteroatoms. The monoisotopic (exact) mass is 336 g/mol. The van der Waals surface area contributed by atoms with Gasteiger partial charge in [-0.25, -0.2) is 0 Å². The van der Waals surface area contributed by atoms with Gasteiger partial charge in [0.05, 0.1) is 18.3 Å². The van der Waals surface area contributed by atoms with Gasteiger partial charge in [-0.1, -0.05) is 19.8 Å². The maximum atomic E-state index is 12.5. The summed E-state index contributed by atoms with van der Waals surface area (Å²) in [5.74, 6) is 2.46. The highest BCUT2D eigenvalue weighted by Crippen LogP contribution is 2.49. The van der Waals surface area contributed by atoms with Crippen molar-refractivity contribution in [2.75, 3.05) is 0 Å². The van der Waals surface area contributed by atoms with Crippen molar-refractivity contribution >= 4 is 5.97 Å². The molecule has 0 amide bonds. The third-order valence-corrected chi connectivity index (χ3v) is 7.15. The summed E-state index contributed by atoms with van der Waals surface area (Å²) in [7, 11) is 0. The first-order valence-electron chi connectivity index (χ1n) is 10.1. The normalized spacial score (nSPS) is 48.4.